The predicted octanol–water partition coefficient (Wildman–Crippen LogP) is 3.49. The number of hydrogen-bond donors (Lipinski definition) is 0. The van der Waals surface area contributed by atoms with Gasteiger partial charge in [-0.25, -0.2) is 0 Å². The Bertz CT molecular complexity index is 1060. The van der Waals surface area contributed by atoms with Crippen molar-refractivity contribution in [2.45, 2.75) is 25.8 Å². The second kappa shape index (κ2) is 7.36. The van der Waals surface area contributed by atoms with E-state index in [1.54, 1.807) is 0 Å². The molecule has 1 unspecified atom stereocenters. The summed E-state index contributed by atoms with van der Waals surface area (Å²) >= 11 is 0. The summed E-state index contributed by atoms with van der Waals surface area (Å²) < 4.78 is 5.51. The maximum atomic E-state index is 12.7. The molecule has 2 aliphatic rings. The molecule has 0 N–H and O–H groups in total. The number of likely N-dealkylation sites (tertiary alicyclic amines) is 2. The van der Waals surface area contributed by atoms with Gasteiger partial charge in [0.2, 0.25) is 5.91 Å². The normalized spacial score (nSPS) is 20.5. The van der Waals surface area contributed by atoms with E-state index in [0.717, 1.165) is 43.0 Å². The van der Waals surface area contributed by atoms with E-state index in [1.807, 2.05) is 47.4 Å². The molecule has 1 aromatic heterocycles. The number of aryl methyl sites for hydroxylation is 1. The summed E-state index contributed by atoms with van der Waals surface area (Å²) in [4.78, 5) is 21.7. The van der Waals surface area contributed by atoms with E-state index in [1.165, 1.54) is 5.56 Å². The molecule has 0 aliphatic carbocycles. The molecule has 1 atom stereocenters. The fraction of sp³-hybridized carbons (Fsp3) is 0.375. The minimum absolute atomic E-state index is 0.125. The molecule has 2 aromatic carbocycles. The second-order valence-corrected chi connectivity index (χ2v) is 8.87. The fourth-order valence-electron chi connectivity index (χ4n) is 4.90. The second-order valence-electron chi connectivity index (χ2n) is 8.87. The van der Waals surface area contributed by atoms with E-state index < -0.39 is 0 Å². The minimum Gasteiger partial charge on any atom is -0.341 e. The number of rotatable bonds is 4. The van der Waals surface area contributed by atoms with Crippen LogP contribution in [0.5, 0.6) is 0 Å². The molecule has 0 bridgehead atoms. The Labute approximate surface area is 176 Å². The van der Waals surface area contributed by atoms with Gasteiger partial charge in [0, 0.05) is 30.6 Å². The summed E-state index contributed by atoms with van der Waals surface area (Å²) in [5.74, 6) is 1.50. The molecule has 1 spiro atoms. The maximum Gasteiger partial charge on any atom is 0.257 e. The van der Waals surface area contributed by atoms with Crippen molar-refractivity contribution in [2.75, 3.05) is 26.7 Å². The predicted molar refractivity (Wildman–Crippen MR) is 114 cm³/mol. The van der Waals surface area contributed by atoms with Crippen LogP contribution in [0, 0.1) is 12.3 Å². The summed E-state index contributed by atoms with van der Waals surface area (Å²) in [6.45, 7) is 4.62. The van der Waals surface area contributed by atoms with Gasteiger partial charge in [-0.15, -0.1) is 0 Å². The van der Waals surface area contributed by atoms with E-state index in [2.05, 4.69) is 41.1 Å². The lowest BCUT2D eigenvalue weighted by molar-refractivity contribution is -0.141. The molecule has 0 saturated carbocycles. The van der Waals surface area contributed by atoms with Gasteiger partial charge < -0.3 is 9.42 Å². The Hall–Kier alpha value is -2.99. The number of hydrogen-bond acceptors (Lipinski definition) is 5. The van der Waals surface area contributed by atoms with E-state index in [0.29, 0.717) is 12.3 Å². The maximum absolute atomic E-state index is 12.7. The van der Waals surface area contributed by atoms with Crippen molar-refractivity contribution in [1.82, 2.24) is 19.9 Å². The van der Waals surface area contributed by atoms with Crippen molar-refractivity contribution in [1.29, 1.82) is 0 Å². The largest absolute Gasteiger partial charge is 0.341 e. The third-order valence-corrected chi connectivity index (χ3v) is 6.35. The molecule has 3 heterocycles. The lowest BCUT2D eigenvalue weighted by Gasteiger charge is -2.48. The van der Waals surface area contributed by atoms with Gasteiger partial charge in [0.05, 0.1) is 12.5 Å². The summed E-state index contributed by atoms with van der Waals surface area (Å²) in [5, 5.41) is 4.26. The average molecular weight is 402 g/mol. The van der Waals surface area contributed by atoms with Gasteiger partial charge in [0.15, 0.2) is 5.82 Å². The molecule has 0 radical (unpaired) electrons. The third-order valence-electron chi connectivity index (χ3n) is 6.35. The molecule has 1 amide bonds. The molecule has 2 saturated heterocycles. The molecule has 30 heavy (non-hydrogen) atoms. The van der Waals surface area contributed by atoms with Gasteiger partial charge in [0.1, 0.15) is 0 Å². The SMILES string of the molecule is Cc1cccc(CC(=O)N2CC3(CC(c4noc(-c5ccccc5)n4)N(C)C3)C2)c1. The summed E-state index contributed by atoms with van der Waals surface area (Å²) in [7, 11) is 2.11. The van der Waals surface area contributed by atoms with Crippen LogP contribution in [0.2, 0.25) is 0 Å². The van der Waals surface area contributed by atoms with E-state index in [4.69, 9.17) is 4.52 Å². The van der Waals surface area contributed by atoms with Gasteiger partial charge in [0.25, 0.3) is 5.89 Å². The Balaban J connectivity index is 1.23. The van der Waals surface area contributed by atoms with Gasteiger partial charge in [-0.3, -0.25) is 9.69 Å². The van der Waals surface area contributed by atoms with E-state index >= 15 is 0 Å². The Morgan fingerprint density at radius 1 is 1.13 bits per heavy atom. The number of aromatic nitrogens is 2. The smallest absolute Gasteiger partial charge is 0.257 e. The average Bonchev–Trinajstić information content (AvgIpc) is 3.32. The quantitative estimate of drug-likeness (QED) is 0.668. The van der Waals surface area contributed by atoms with E-state index in [-0.39, 0.29) is 17.4 Å². The molecule has 154 valence electrons. The van der Waals surface area contributed by atoms with Crippen LogP contribution in [0.1, 0.15) is 29.4 Å². The first-order chi connectivity index (χ1) is 14.5. The standard InChI is InChI=1S/C24H26N4O2/c1-17-7-6-8-18(11-17)12-21(29)28-15-24(16-28)13-20(27(2)14-24)22-25-23(30-26-22)19-9-4-3-5-10-19/h3-11,20H,12-16H2,1-2H3. The zero-order valence-corrected chi connectivity index (χ0v) is 17.4. The molecule has 2 fully saturated rings. The summed E-state index contributed by atoms with van der Waals surface area (Å²) in [5.41, 5.74) is 3.34. The minimum atomic E-state index is 0.125. The van der Waals surface area contributed by atoms with Crippen LogP contribution in [0.3, 0.4) is 0 Å². The van der Waals surface area contributed by atoms with Crippen molar-refractivity contribution >= 4 is 5.91 Å². The van der Waals surface area contributed by atoms with Gasteiger partial charge in [-0.2, -0.15) is 4.98 Å². The highest BCUT2D eigenvalue weighted by molar-refractivity contribution is 5.79. The Kier molecular flexibility index (Phi) is 4.66. The van der Waals surface area contributed by atoms with Crippen LogP contribution in [0.15, 0.2) is 59.1 Å². The third kappa shape index (κ3) is 3.52. The van der Waals surface area contributed by atoms with Crippen LogP contribution >= 0.6 is 0 Å². The van der Waals surface area contributed by atoms with Crippen LogP contribution < -0.4 is 0 Å². The number of nitrogens with zero attached hydrogens (tertiary/aromatic N) is 4. The molecule has 3 aromatic rings. The highest BCUT2D eigenvalue weighted by atomic mass is 16.5. The zero-order valence-electron chi connectivity index (χ0n) is 17.4. The number of carbonyl (C=O) groups excluding carboxylic acids is 1. The fourth-order valence-corrected chi connectivity index (χ4v) is 4.90. The van der Waals surface area contributed by atoms with Crippen LogP contribution in [0.4, 0.5) is 0 Å². The number of amides is 1. The van der Waals surface area contributed by atoms with Crippen molar-refractivity contribution in [3.8, 4) is 11.5 Å². The number of carbonyl (C=O) groups is 1. The molecule has 6 heteroatoms. The van der Waals surface area contributed by atoms with Crippen LogP contribution in [-0.2, 0) is 11.2 Å². The molecule has 5 rings (SSSR count). The molecular weight excluding hydrogens is 376 g/mol. The first-order valence-corrected chi connectivity index (χ1v) is 10.4. The zero-order chi connectivity index (χ0) is 20.7. The Morgan fingerprint density at radius 3 is 2.70 bits per heavy atom. The molecule has 2 aliphatic heterocycles. The first kappa shape index (κ1) is 19.0. The number of benzene rings is 2. The van der Waals surface area contributed by atoms with Gasteiger partial charge >= 0.3 is 0 Å². The lowest BCUT2D eigenvalue weighted by Crippen LogP contribution is -2.59. The van der Waals surface area contributed by atoms with Crippen LogP contribution in [-0.4, -0.2) is 52.5 Å². The highest BCUT2D eigenvalue weighted by Gasteiger charge is 2.52. The summed E-state index contributed by atoms with van der Waals surface area (Å²) in [6, 6.07) is 18.2. The topological polar surface area (TPSA) is 62.5 Å². The first-order valence-electron chi connectivity index (χ1n) is 10.4. The van der Waals surface area contributed by atoms with Crippen molar-refractivity contribution in [2.24, 2.45) is 5.41 Å². The van der Waals surface area contributed by atoms with E-state index in [9.17, 15) is 4.79 Å². The monoisotopic (exact) mass is 402 g/mol. The van der Waals surface area contributed by atoms with Crippen molar-refractivity contribution in [3.63, 3.8) is 0 Å². The van der Waals surface area contributed by atoms with Crippen molar-refractivity contribution in [3.05, 3.63) is 71.5 Å². The van der Waals surface area contributed by atoms with Gasteiger partial charge in [-0.05, 0) is 38.1 Å². The molecule has 6 nitrogen and oxygen atoms in total. The van der Waals surface area contributed by atoms with Crippen LogP contribution in [0.25, 0.3) is 11.5 Å². The lowest BCUT2D eigenvalue weighted by atomic mass is 9.77. The Morgan fingerprint density at radius 2 is 1.93 bits per heavy atom. The van der Waals surface area contributed by atoms with Gasteiger partial charge in [-0.1, -0.05) is 53.2 Å². The highest BCUT2D eigenvalue weighted by Crippen LogP contribution is 2.47. The summed E-state index contributed by atoms with van der Waals surface area (Å²) in [6.07, 6.45) is 1.42. The molecular formula is C24H26N4O2. The van der Waals surface area contributed by atoms with Crippen molar-refractivity contribution < 1.29 is 9.32 Å².